The van der Waals surface area contributed by atoms with Gasteiger partial charge in [0.1, 0.15) is 5.69 Å². The molecule has 1 aliphatic rings. The minimum Gasteiger partial charge on any atom is -0.378 e. The van der Waals surface area contributed by atoms with Gasteiger partial charge in [-0.15, -0.1) is 0 Å². The lowest BCUT2D eigenvalue weighted by molar-refractivity contribution is -0.384. The van der Waals surface area contributed by atoms with Crippen molar-refractivity contribution >= 4 is 57.6 Å². The maximum absolute atomic E-state index is 12.9. The molecule has 31 heavy (non-hydrogen) atoms. The first kappa shape index (κ1) is 22.3. The molecule has 1 heterocycles. The number of hydrogen-bond donors (Lipinski definition) is 2. The number of carbonyl (C=O) groups is 1. The lowest BCUT2D eigenvalue weighted by Gasteiger charge is -2.30. The molecule has 0 aromatic heterocycles. The van der Waals surface area contributed by atoms with Crippen LogP contribution in [0.1, 0.15) is 10.4 Å². The minimum absolute atomic E-state index is 0.0344. The van der Waals surface area contributed by atoms with Crippen molar-refractivity contribution in [3.05, 3.63) is 67.2 Å². The third-order valence-electron chi connectivity index (χ3n) is 4.42. The highest BCUT2D eigenvalue weighted by Crippen LogP contribution is 2.28. The monoisotopic (exact) mass is 465 g/mol. The fraction of sp³-hybridized carbons (Fsp3) is 0.222. The molecule has 0 bridgehead atoms. The van der Waals surface area contributed by atoms with Crippen molar-refractivity contribution in [3.8, 4) is 0 Å². The van der Waals surface area contributed by atoms with Gasteiger partial charge in [0, 0.05) is 36.3 Å². The predicted molar refractivity (Wildman–Crippen MR) is 118 cm³/mol. The highest BCUT2D eigenvalue weighted by atomic mass is 35.5. The third-order valence-corrected chi connectivity index (χ3v) is 4.86. The Morgan fingerprint density at radius 1 is 1.10 bits per heavy atom. The normalized spacial score (nSPS) is 13.4. The van der Waals surface area contributed by atoms with E-state index in [0.29, 0.717) is 32.0 Å². The first-order valence-electron chi connectivity index (χ1n) is 8.93. The number of hydrogen-bond acceptors (Lipinski definition) is 8. The molecule has 162 valence electrons. The van der Waals surface area contributed by atoms with Gasteiger partial charge in [-0.3, -0.25) is 30.3 Å². The molecule has 0 aliphatic carbocycles. The van der Waals surface area contributed by atoms with Gasteiger partial charge in [-0.2, -0.15) is 0 Å². The Bertz CT molecular complexity index is 1060. The SMILES string of the molecule is O=C(NC(=S)Nc1ccc(Cl)cc1[N+](=O)[O-])c1cc([N+](=O)[O-])ccc1N1CCOCC1. The van der Waals surface area contributed by atoms with E-state index < -0.39 is 15.8 Å². The van der Waals surface area contributed by atoms with Crippen molar-refractivity contribution in [3.63, 3.8) is 0 Å². The summed E-state index contributed by atoms with van der Waals surface area (Å²) in [6, 6.07) is 7.90. The number of nitro benzene ring substituents is 2. The second-order valence-corrected chi connectivity index (χ2v) is 7.23. The van der Waals surface area contributed by atoms with E-state index in [4.69, 9.17) is 28.6 Å². The van der Waals surface area contributed by atoms with Crippen LogP contribution in [0.25, 0.3) is 0 Å². The highest BCUT2D eigenvalue weighted by Gasteiger charge is 2.23. The number of halogens is 1. The number of rotatable bonds is 5. The number of nitrogens with zero attached hydrogens (tertiary/aromatic N) is 3. The van der Waals surface area contributed by atoms with Crippen molar-refractivity contribution < 1.29 is 19.4 Å². The second kappa shape index (κ2) is 9.64. The quantitative estimate of drug-likeness (QED) is 0.387. The number of anilines is 2. The fourth-order valence-electron chi connectivity index (χ4n) is 2.99. The summed E-state index contributed by atoms with van der Waals surface area (Å²) in [5, 5.41) is 27.4. The molecule has 2 aromatic carbocycles. The van der Waals surface area contributed by atoms with E-state index in [1.807, 2.05) is 4.90 Å². The number of nitro groups is 2. The first-order valence-corrected chi connectivity index (χ1v) is 9.72. The fourth-order valence-corrected chi connectivity index (χ4v) is 3.35. The Labute approximate surface area is 186 Å². The number of thiocarbonyl (C=S) groups is 1. The Hall–Kier alpha value is -3.35. The van der Waals surface area contributed by atoms with Crippen molar-refractivity contribution in [2.45, 2.75) is 0 Å². The van der Waals surface area contributed by atoms with Gasteiger partial charge in [0.25, 0.3) is 17.3 Å². The number of ether oxygens (including phenoxy) is 1. The molecule has 0 radical (unpaired) electrons. The zero-order valence-electron chi connectivity index (χ0n) is 15.9. The highest BCUT2D eigenvalue weighted by molar-refractivity contribution is 7.80. The van der Waals surface area contributed by atoms with Gasteiger partial charge >= 0.3 is 0 Å². The predicted octanol–water partition coefficient (Wildman–Crippen LogP) is 3.12. The molecule has 2 aromatic rings. The van der Waals surface area contributed by atoms with Gasteiger partial charge in [-0.1, -0.05) is 11.6 Å². The smallest absolute Gasteiger partial charge is 0.294 e. The van der Waals surface area contributed by atoms with E-state index in [1.54, 1.807) is 0 Å². The minimum atomic E-state index is -0.695. The Kier molecular flexibility index (Phi) is 6.95. The van der Waals surface area contributed by atoms with E-state index in [2.05, 4.69) is 10.6 Å². The van der Waals surface area contributed by atoms with Crippen molar-refractivity contribution in [2.75, 3.05) is 36.5 Å². The molecule has 0 saturated carbocycles. The summed E-state index contributed by atoms with van der Waals surface area (Å²) in [7, 11) is 0. The Balaban J connectivity index is 1.83. The molecule has 1 saturated heterocycles. The molecule has 3 rings (SSSR count). The lowest BCUT2D eigenvalue weighted by Crippen LogP contribution is -2.39. The van der Waals surface area contributed by atoms with E-state index >= 15 is 0 Å². The molecule has 1 aliphatic heterocycles. The summed E-state index contributed by atoms with van der Waals surface area (Å²) in [5.41, 5.74) is -0.00694. The molecule has 11 nitrogen and oxygen atoms in total. The number of non-ortho nitro benzene ring substituents is 1. The molecule has 1 fully saturated rings. The van der Waals surface area contributed by atoms with Gasteiger partial charge in [0.2, 0.25) is 0 Å². The van der Waals surface area contributed by atoms with Crippen LogP contribution in [0, 0.1) is 20.2 Å². The second-order valence-electron chi connectivity index (χ2n) is 6.38. The van der Waals surface area contributed by atoms with E-state index in [-0.39, 0.29) is 32.8 Å². The topological polar surface area (TPSA) is 140 Å². The van der Waals surface area contributed by atoms with Crippen molar-refractivity contribution in [2.24, 2.45) is 0 Å². The maximum atomic E-state index is 12.9. The molecule has 0 atom stereocenters. The number of amides is 1. The van der Waals surface area contributed by atoms with Crippen LogP contribution < -0.4 is 15.5 Å². The Morgan fingerprint density at radius 2 is 1.81 bits per heavy atom. The average molecular weight is 466 g/mol. The number of morpholine rings is 1. The molecular formula is C18H16ClN5O6S. The standard InChI is InChI=1S/C18H16ClN5O6S/c19-11-1-3-14(16(9-11)24(28)29)20-18(31)21-17(25)13-10-12(23(26)27)2-4-15(13)22-5-7-30-8-6-22/h1-4,9-10H,5-8H2,(H2,20,21,25,31). The molecule has 13 heteroatoms. The summed E-state index contributed by atoms with van der Waals surface area (Å²) in [6.45, 7) is 1.94. The van der Waals surface area contributed by atoms with Crippen LogP contribution in [0.15, 0.2) is 36.4 Å². The molecular weight excluding hydrogens is 450 g/mol. The largest absolute Gasteiger partial charge is 0.378 e. The van der Waals surface area contributed by atoms with Crippen LogP contribution in [-0.2, 0) is 4.74 Å². The molecule has 0 spiro atoms. The van der Waals surface area contributed by atoms with Crippen LogP contribution in [0.3, 0.4) is 0 Å². The van der Waals surface area contributed by atoms with Crippen LogP contribution in [0.2, 0.25) is 5.02 Å². The van der Waals surface area contributed by atoms with Gasteiger partial charge in [0.05, 0.1) is 34.3 Å². The summed E-state index contributed by atoms with van der Waals surface area (Å²) in [6.07, 6.45) is 0. The van der Waals surface area contributed by atoms with Gasteiger partial charge in [0.15, 0.2) is 5.11 Å². The van der Waals surface area contributed by atoms with Gasteiger partial charge in [-0.05, 0) is 30.4 Å². The van der Waals surface area contributed by atoms with E-state index in [9.17, 15) is 25.0 Å². The van der Waals surface area contributed by atoms with Crippen LogP contribution in [0.5, 0.6) is 0 Å². The maximum Gasteiger partial charge on any atom is 0.294 e. The summed E-state index contributed by atoms with van der Waals surface area (Å²) in [4.78, 5) is 35.9. The van der Waals surface area contributed by atoms with Crippen LogP contribution >= 0.6 is 23.8 Å². The van der Waals surface area contributed by atoms with E-state index in [1.165, 1.54) is 24.3 Å². The van der Waals surface area contributed by atoms with E-state index in [0.717, 1.165) is 12.1 Å². The van der Waals surface area contributed by atoms with Crippen molar-refractivity contribution in [1.29, 1.82) is 0 Å². The molecule has 1 amide bonds. The Morgan fingerprint density at radius 3 is 2.45 bits per heavy atom. The lowest BCUT2D eigenvalue weighted by atomic mass is 10.1. The van der Waals surface area contributed by atoms with Crippen molar-refractivity contribution in [1.82, 2.24) is 5.32 Å². The third kappa shape index (κ3) is 5.42. The number of carbonyl (C=O) groups excluding carboxylic acids is 1. The molecule has 2 N–H and O–H groups in total. The first-order chi connectivity index (χ1) is 14.8. The summed E-state index contributed by atoms with van der Waals surface area (Å²) >= 11 is 10.9. The zero-order valence-corrected chi connectivity index (χ0v) is 17.4. The van der Waals surface area contributed by atoms with Gasteiger partial charge in [-0.25, -0.2) is 0 Å². The number of nitrogens with one attached hydrogen (secondary N) is 2. The zero-order chi connectivity index (χ0) is 22.5. The van der Waals surface area contributed by atoms with Gasteiger partial charge < -0.3 is 15.0 Å². The van der Waals surface area contributed by atoms with Crippen LogP contribution in [0.4, 0.5) is 22.7 Å². The summed E-state index contributed by atoms with van der Waals surface area (Å²) < 4.78 is 5.31. The summed E-state index contributed by atoms with van der Waals surface area (Å²) in [5.74, 6) is -0.695. The van der Waals surface area contributed by atoms with Crippen LogP contribution in [-0.4, -0.2) is 47.2 Å². The molecule has 0 unspecified atom stereocenters. The number of benzene rings is 2. The average Bonchev–Trinajstić information content (AvgIpc) is 2.74.